The predicted octanol–water partition coefficient (Wildman–Crippen LogP) is 2.59. The summed E-state index contributed by atoms with van der Waals surface area (Å²) in [5, 5.41) is 14.1. The summed E-state index contributed by atoms with van der Waals surface area (Å²) >= 11 is 0. The van der Waals surface area contributed by atoms with Crippen molar-refractivity contribution in [3.63, 3.8) is 0 Å². The van der Waals surface area contributed by atoms with E-state index in [1.54, 1.807) is 0 Å². The van der Waals surface area contributed by atoms with Crippen LogP contribution in [0.4, 0.5) is 0 Å². The summed E-state index contributed by atoms with van der Waals surface area (Å²) in [6.07, 6.45) is 3.25. The third-order valence-electron chi connectivity index (χ3n) is 2.94. The summed E-state index contributed by atoms with van der Waals surface area (Å²) in [7, 11) is 0. The van der Waals surface area contributed by atoms with Crippen LogP contribution < -0.4 is 0 Å². The van der Waals surface area contributed by atoms with Crippen molar-refractivity contribution in [3.05, 3.63) is 5.82 Å². The van der Waals surface area contributed by atoms with Crippen LogP contribution in [0, 0.1) is 10.8 Å². The van der Waals surface area contributed by atoms with E-state index in [4.69, 9.17) is 0 Å². The quantitative estimate of drug-likeness (QED) is 0.812. The lowest BCUT2D eigenvalue weighted by atomic mass is 9.72. The Balaban J connectivity index is 2.59. The van der Waals surface area contributed by atoms with Crippen LogP contribution in [0.2, 0.25) is 0 Å². The minimum atomic E-state index is 0.226. The minimum absolute atomic E-state index is 0.226. The van der Waals surface area contributed by atoms with Gasteiger partial charge in [0, 0.05) is 6.42 Å². The van der Waals surface area contributed by atoms with Crippen LogP contribution in [-0.4, -0.2) is 20.6 Å². The fourth-order valence-electron chi connectivity index (χ4n) is 2.17. The van der Waals surface area contributed by atoms with Gasteiger partial charge in [-0.2, -0.15) is 5.21 Å². The first kappa shape index (κ1) is 12.1. The third kappa shape index (κ3) is 3.98. The average Bonchev–Trinajstić information content (AvgIpc) is 2.54. The number of hydrogen-bond donors (Lipinski definition) is 1. The van der Waals surface area contributed by atoms with Crippen molar-refractivity contribution in [2.45, 2.75) is 53.9 Å². The summed E-state index contributed by atoms with van der Waals surface area (Å²) < 4.78 is 0. The van der Waals surface area contributed by atoms with Crippen LogP contribution in [0.15, 0.2) is 0 Å². The predicted molar refractivity (Wildman–Crippen MR) is 60.4 cm³/mol. The maximum Gasteiger partial charge on any atom is 0.175 e. The van der Waals surface area contributed by atoms with Gasteiger partial charge in [0.25, 0.3) is 0 Å². The van der Waals surface area contributed by atoms with Gasteiger partial charge in [-0.1, -0.05) is 46.3 Å². The highest BCUT2D eigenvalue weighted by Crippen LogP contribution is 2.37. The molecule has 1 aromatic heterocycles. The molecule has 0 amide bonds. The van der Waals surface area contributed by atoms with Crippen LogP contribution in [0.25, 0.3) is 0 Å². The molecule has 0 radical (unpaired) electrons. The standard InChI is InChI=1S/C11H22N4/c1-6-10(2,3)8-11(4,5)7-9-12-14-15-13-9/h6-8H2,1-5H3,(H,12,13,14,15). The largest absolute Gasteiger partial charge is 0.177 e. The van der Waals surface area contributed by atoms with E-state index in [0.717, 1.165) is 12.2 Å². The van der Waals surface area contributed by atoms with Crippen molar-refractivity contribution in [2.75, 3.05) is 0 Å². The first-order valence-corrected chi connectivity index (χ1v) is 5.57. The third-order valence-corrected chi connectivity index (χ3v) is 2.94. The zero-order valence-electron chi connectivity index (χ0n) is 10.5. The molecule has 0 aromatic carbocycles. The van der Waals surface area contributed by atoms with E-state index in [2.05, 4.69) is 55.2 Å². The van der Waals surface area contributed by atoms with E-state index < -0.39 is 0 Å². The molecule has 1 N–H and O–H groups in total. The molecule has 0 unspecified atom stereocenters. The van der Waals surface area contributed by atoms with Crippen molar-refractivity contribution < 1.29 is 0 Å². The lowest BCUT2D eigenvalue weighted by Crippen LogP contribution is -2.25. The van der Waals surface area contributed by atoms with Gasteiger partial charge >= 0.3 is 0 Å². The highest BCUT2D eigenvalue weighted by atomic mass is 15.5. The maximum absolute atomic E-state index is 4.01. The maximum atomic E-state index is 4.01. The van der Waals surface area contributed by atoms with Gasteiger partial charge in [-0.05, 0) is 17.3 Å². The van der Waals surface area contributed by atoms with E-state index in [0.29, 0.717) is 5.41 Å². The van der Waals surface area contributed by atoms with E-state index in [9.17, 15) is 0 Å². The second kappa shape index (κ2) is 4.29. The van der Waals surface area contributed by atoms with Crippen LogP contribution in [0.5, 0.6) is 0 Å². The number of aromatic amines is 1. The van der Waals surface area contributed by atoms with Crippen LogP contribution in [-0.2, 0) is 6.42 Å². The SMILES string of the molecule is CCC(C)(C)CC(C)(C)Cc1nn[nH]n1. The van der Waals surface area contributed by atoms with Gasteiger partial charge in [-0.25, -0.2) is 0 Å². The van der Waals surface area contributed by atoms with Gasteiger partial charge in [0.15, 0.2) is 5.82 Å². The first-order chi connectivity index (χ1) is 6.85. The number of nitrogens with zero attached hydrogens (tertiary/aromatic N) is 3. The molecule has 4 nitrogen and oxygen atoms in total. The Morgan fingerprint density at radius 2 is 1.80 bits per heavy atom. The molecular formula is C11H22N4. The molecule has 4 heteroatoms. The van der Waals surface area contributed by atoms with E-state index in [-0.39, 0.29) is 5.41 Å². The van der Waals surface area contributed by atoms with Gasteiger partial charge in [0.05, 0.1) is 0 Å². The summed E-state index contributed by atoms with van der Waals surface area (Å²) in [4.78, 5) is 0. The van der Waals surface area contributed by atoms with Crippen LogP contribution in [0.3, 0.4) is 0 Å². The molecule has 0 bridgehead atoms. The molecule has 15 heavy (non-hydrogen) atoms. The number of aromatic nitrogens is 4. The van der Waals surface area contributed by atoms with Crippen LogP contribution in [0.1, 0.15) is 53.3 Å². The zero-order valence-corrected chi connectivity index (χ0v) is 10.5. The second-order valence-corrected chi connectivity index (χ2v) is 5.86. The smallest absolute Gasteiger partial charge is 0.175 e. The molecule has 0 aliphatic heterocycles. The van der Waals surface area contributed by atoms with Crippen LogP contribution >= 0.6 is 0 Å². The topological polar surface area (TPSA) is 54.5 Å². The Bertz CT molecular complexity index is 288. The average molecular weight is 210 g/mol. The Morgan fingerprint density at radius 1 is 1.13 bits per heavy atom. The van der Waals surface area contributed by atoms with Gasteiger partial charge in [-0.15, -0.1) is 10.2 Å². The summed E-state index contributed by atoms with van der Waals surface area (Å²) in [5.74, 6) is 0.812. The van der Waals surface area contributed by atoms with Crippen molar-refractivity contribution in [1.82, 2.24) is 20.6 Å². The number of hydrogen-bond acceptors (Lipinski definition) is 3. The highest BCUT2D eigenvalue weighted by molar-refractivity contribution is 4.88. The monoisotopic (exact) mass is 210 g/mol. The highest BCUT2D eigenvalue weighted by Gasteiger charge is 2.28. The molecule has 0 aliphatic rings. The van der Waals surface area contributed by atoms with E-state index in [1.165, 1.54) is 12.8 Å². The Kier molecular flexibility index (Phi) is 3.47. The molecule has 1 aromatic rings. The molecular weight excluding hydrogens is 188 g/mol. The minimum Gasteiger partial charge on any atom is -0.177 e. The molecule has 0 saturated carbocycles. The second-order valence-electron chi connectivity index (χ2n) is 5.86. The fraction of sp³-hybridized carbons (Fsp3) is 0.909. The summed E-state index contributed by atoms with van der Waals surface area (Å²) in [6, 6.07) is 0. The number of tetrazole rings is 1. The Labute approximate surface area is 91.9 Å². The molecule has 0 atom stereocenters. The lowest BCUT2D eigenvalue weighted by molar-refractivity contribution is 0.185. The van der Waals surface area contributed by atoms with E-state index in [1.807, 2.05) is 0 Å². The Morgan fingerprint density at radius 3 is 2.27 bits per heavy atom. The van der Waals surface area contributed by atoms with Crippen molar-refractivity contribution in [1.29, 1.82) is 0 Å². The van der Waals surface area contributed by atoms with E-state index >= 15 is 0 Å². The normalized spacial score (nSPS) is 13.1. The first-order valence-electron chi connectivity index (χ1n) is 5.57. The summed E-state index contributed by atoms with van der Waals surface area (Å²) in [6.45, 7) is 11.4. The van der Waals surface area contributed by atoms with Gasteiger partial charge < -0.3 is 0 Å². The molecule has 0 aliphatic carbocycles. The molecule has 86 valence electrons. The lowest BCUT2D eigenvalue weighted by Gasteiger charge is -2.33. The fourth-order valence-corrected chi connectivity index (χ4v) is 2.17. The number of rotatable bonds is 5. The van der Waals surface area contributed by atoms with Gasteiger partial charge in [0.2, 0.25) is 0 Å². The Hall–Kier alpha value is -0.930. The molecule has 0 fully saturated rings. The molecule has 1 heterocycles. The van der Waals surface area contributed by atoms with Gasteiger partial charge in [-0.3, -0.25) is 0 Å². The van der Waals surface area contributed by atoms with Crippen molar-refractivity contribution >= 4 is 0 Å². The van der Waals surface area contributed by atoms with Crippen molar-refractivity contribution in [3.8, 4) is 0 Å². The number of nitrogens with one attached hydrogen (secondary N) is 1. The molecule has 0 spiro atoms. The molecule has 0 saturated heterocycles. The molecule has 1 rings (SSSR count). The van der Waals surface area contributed by atoms with Crippen molar-refractivity contribution in [2.24, 2.45) is 10.8 Å². The summed E-state index contributed by atoms with van der Waals surface area (Å²) in [5.41, 5.74) is 0.608. The number of H-pyrrole nitrogens is 1. The van der Waals surface area contributed by atoms with Gasteiger partial charge in [0.1, 0.15) is 0 Å². The zero-order chi connectivity index (χ0) is 11.5.